The van der Waals surface area contributed by atoms with Crippen molar-refractivity contribution >= 4 is 17.3 Å². The van der Waals surface area contributed by atoms with Crippen LogP contribution in [0.4, 0.5) is 5.69 Å². The Bertz CT molecular complexity index is 456. The summed E-state index contributed by atoms with van der Waals surface area (Å²) in [5, 5.41) is 13.2. The van der Waals surface area contributed by atoms with Gasteiger partial charge in [-0.05, 0) is 12.1 Å². The van der Waals surface area contributed by atoms with E-state index in [9.17, 15) is 5.11 Å². The van der Waals surface area contributed by atoms with Crippen LogP contribution in [0.25, 0.3) is 0 Å². The summed E-state index contributed by atoms with van der Waals surface area (Å²) in [4.78, 5) is 7.75. The van der Waals surface area contributed by atoms with Crippen molar-refractivity contribution in [2.45, 2.75) is 6.54 Å². The molecule has 0 aliphatic carbocycles. The van der Waals surface area contributed by atoms with Gasteiger partial charge in [0.2, 0.25) is 0 Å². The monoisotopic (exact) mass is 235 g/mol. The molecule has 16 heavy (non-hydrogen) atoms. The molecule has 1 aromatic heterocycles. The molecule has 0 saturated carbocycles. The third-order valence-electron chi connectivity index (χ3n) is 2.12. The Morgan fingerprint density at radius 3 is 2.69 bits per heavy atom. The summed E-state index contributed by atoms with van der Waals surface area (Å²) >= 11 is 5.96. The lowest BCUT2D eigenvalue weighted by atomic mass is 10.2. The molecule has 0 atom stereocenters. The van der Waals surface area contributed by atoms with Crippen LogP contribution in [0.1, 0.15) is 5.56 Å². The highest BCUT2D eigenvalue weighted by Crippen LogP contribution is 2.25. The summed E-state index contributed by atoms with van der Waals surface area (Å²) in [5.41, 5.74) is 1.44. The summed E-state index contributed by atoms with van der Waals surface area (Å²) < 4.78 is 0. The molecule has 5 heteroatoms. The Balaban J connectivity index is 2.11. The number of rotatable bonds is 3. The molecule has 0 unspecified atom stereocenters. The van der Waals surface area contributed by atoms with Crippen LogP contribution in [0, 0.1) is 0 Å². The van der Waals surface area contributed by atoms with Gasteiger partial charge in [-0.3, -0.25) is 0 Å². The van der Waals surface area contributed by atoms with Crippen LogP contribution >= 0.6 is 11.6 Å². The summed E-state index contributed by atoms with van der Waals surface area (Å²) in [6.45, 7) is 0.429. The minimum absolute atomic E-state index is 0.178. The topological polar surface area (TPSA) is 58.0 Å². The van der Waals surface area contributed by atoms with Gasteiger partial charge < -0.3 is 10.4 Å². The van der Waals surface area contributed by atoms with Gasteiger partial charge in [-0.1, -0.05) is 17.7 Å². The van der Waals surface area contributed by atoms with Crippen molar-refractivity contribution in [1.82, 2.24) is 9.97 Å². The van der Waals surface area contributed by atoms with Crippen LogP contribution in [0.5, 0.6) is 5.75 Å². The number of phenolic OH excluding ortho intramolecular Hbond substituents is 1. The number of aromatic hydroxyl groups is 1. The van der Waals surface area contributed by atoms with E-state index in [0.717, 1.165) is 5.69 Å². The number of phenols is 1. The molecule has 2 rings (SSSR count). The van der Waals surface area contributed by atoms with Gasteiger partial charge >= 0.3 is 0 Å². The Kier molecular flexibility index (Phi) is 3.22. The fourth-order valence-corrected chi connectivity index (χ4v) is 1.54. The number of nitrogens with zero attached hydrogens (tertiary/aromatic N) is 2. The van der Waals surface area contributed by atoms with Gasteiger partial charge in [0.1, 0.15) is 12.1 Å². The fourth-order valence-electron chi connectivity index (χ4n) is 1.30. The van der Waals surface area contributed by atoms with Crippen LogP contribution < -0.4 is 5.32 Å². The molecule has 1 aromatic carbocycles. The maximum absolute atomic E-state index is 9.61. The molecule has 0 aliphatic rings. The summed E-state index contributed by atoms with van der Waals surface area (Å²) in [5.74, 6) is 0.178. The number of halogens is 1. The van der Waals surface area contributed by atoms with E-state index in [1.165, 1.54) is 6.33 Å². The standard InChI is InChI=1S/C11H10ClN3O/c12-10-2-1-3-11(16)9(10)6-15-8-4-13-7-14-5-8/h1-5,7,15-16H,6H2. The number of hydrogen-bond acceptors (Lipinski definition) is 4. The Morgan fingerprint density at radius 2 is 2.00 bits per heavy atom. The normalized spacial score (nSPS) is 10.1. The molecule has 0 amide bonds. The first-order chi connectivity index (χ1) is 7.77. The number of aromatic nitrogens is 2. The van der Waals surface area contributed by atoms with Gasteiger partial charge in [-0.15, -0.1) is 0 Å². The summed E-state index contributed by atoms with van der Waals surface area (Å²) in [6.07, 6.45) is 4.76. The highest BCUT2D eigenvalue weighted by molar-refractivity contribution is 6.31. The second-order valence-electron chi connectivity index (χ2n) is 3.22. The van der Waals surface area contributed by atoms with E-state index < -0.39 is 0 Å². The third kappa shape index (κ3) is 2.41. The van der Waals surface area contributed by atoms with Crippen molar-refractivity contribution in [3.05, 3.63) is 47.5 Å². The first kappa shape index (κ1) is 10.7. The molecule has 2 N–H and O–H groups in total. The van der Waals surface area contributed by atoms with Gasteiger partial charge in [0.25, 0.3) is 0 Å². The highest BCUT2D eigenvalue weighted by atomic mass is 35.5. The minimum atomic E-state index is 0.178. The lowest BCUT2D eigenvalue weighted by molar-refractivity contribution is 0.469. The van der Waals surface area contributed by atoms with Crippen molar-refractivity contribution < 1.29 is 5.11 Å². The molecule has 0 radical (unpaired) electrons. The minimum Gasteiger partial charge on any atom is -0.508 e. The smallest absolute Gasteiger partial charge is 0.122 e. The largest absolute Gasteiger partial charge is 0.508 e. The predicted molar refractivity (Wildman–Crippen MR) is 62.5 cm³/mol. The van der Waals surface area contributed by atoms with Crippen molar-refractivity contribution in [2.75, 3.05) is 5.32 Å². The predicted octanol–water partition coefficient (Wildman–Crippen LogP) is 2.45. The quantitative estimate of drug-likeness (QED) is 0.858. The number of benzene rings is 1. The molecule has 0 aliphatic heterocycles. The third-order valence-corrected chi connectivity index (χ3v) is 2.48. The first-order valence-corrected chi connectivity index (χ1v) is 5.10. The molecule has 2 aromatic rings. The molecule has 0 saturated heterocycles. The molecule has 82 valence electrons. The highest BCUT2D eigenvalue weighted by Gasteiger charge is 2.05. The van der Waals surface area contributed by atoms with Gasteiger partial charge in [-0.25, -0.2) is 9.97 Å². The molecule has 1 heterocycles. The zero-order valence-electron chi connectivity index (χ0n) is 8.39. The van der Waals surface area contributed by atoms with E-state index in [1.807, 2.05) is 0 Å². The number of anilines is 1. The van der Waals surface area contributed by atoms with Crippen molar-refractivity contribution in [1.29, 1.82) is 0 Å². The molecule has 0 bridgehead atoms. The zero-order chi connectivity index (χ0) is 11.4. The number of hydrogen-bond donors (Lipinski definition) is 2. The Morgan fingerprint density at radius 1 is 1.25 bits per heavy atom. The van der Waals surface area contributed by atoms with Crippen LogP contribution in [0.3, 0.4) is 0 Å². The Labute approximate surface area is 97.9 Å². The maximum Gasteiger partial charge on any atom is 0.122 e. The van der Waals surface area contributed by atoms with Crippen molar-refractivity contribution in [2.24, 2.45) is 0 Å². The van der Waals surface area contributed by atoms with Gasteiger partial charge in [-0.2, -0.15) is 0 Å². The van der Waals surface area contributed by atoms with Crippen LogP contribution in [0.2, 0.25) is 5.02 Å². The van der Waals surface area contributed by atoms with Crippen LogP contribution in [0.15, 0.2) is 36.9 Å². The molecular weight excluding hydrogens is 226 g/mol. The number of nitrogens with one attached hydrogen (secondary N) is 1. The van der Waals surface area contributed by atoms with Gasteiger partial charge in [0.15, 0.2) is 0 Å². The van der Waals surface area contributed by atoms with Gasteiger partial charge in [0, 0.05) is 17.1 Å². The SMILES string of the molecule is Oc1cccc(Cl)c1CNc1cncnc1. The van der Waals surface area contributed by atoms with Crippen LogP contribution in [-0.2, 0) is 6.54 Å². The molecular formula is C11H10ClN3O. The van der Waals surface area contributed by atoms with Crippen molar-refractivity contribution in [3.8, 4) is 5.75 Å². The fraction of sp³-hybridized carbons (Fsp3) is 0.0909. The van der Waals surface area contributed by atoms with Crippen LogP contribution in [-0.4, -0.2) is 15.1 Å². The molecule has 0 spiro atoms. The van der Waals surface area contributed by atoms with Crippen molar-refractivity contribution in [3.63, 3.8) is 0 Å². The first-order valence-electron chi connectivity index (χ1n) is 4.72. The average molecular weight is 236 g/mol. The average Bonchev–Trinajstić information content (AvgIpc) is 2.30. The second-order valence-corrected chi connectivity index (χ2v) is 3.63. The second kappa shape index (κ2) is 4.81. The van der Waals surface area contributed by atoms with Gasteiger partial charge in [0.05, 0.1) is 18.1 Å². The van der Waals surface area contributed by atoms with E-state index in [1.54, 1.807) is 30.6 Å². The molecule has 4 nitrogen and oxygen atoms in total. The Hall–Kier alpha value is -1.81. The van der Waals surface area contributed by atoms with E-state index >= 15 is 0 Å². The lowest BCUT2D eigenvalue weighted by Gasteiger charge is -2.08. The maximum atomic E-state index is 9.61. The van der Waals surface area contributed by atoms with E-state index in [0.29, 0.717) is 17.1 Å². The van der Waals surface area contributed by atoms with E-state index in [4.69, 9.17) is 11.6 Å². The summed E-state index contributed by atoms with van der Waals surface area (Å²) in [6, 6.07) is 5.04. The lowest BCUT2D eigenvalue weighted by Crippen LogP contribution is -2.01. The summed E-state index contributed by atoms with van der Waals surface area (Å²) in [7, 11) is 0. The zero-order valence-corrected chi connectivity index (χ0v) is 9.15. The molecule has 0 fully saturated rings. The van der Waals surface area contributed by atoms with E-state index in [-0.39, 0.29) is 5.75 Å². The van der Waals surface area contributed by atoms with E-state index in [2.05, 4.69) is 15.3 Å².